The molecule has 1 heterocycles. The lowest BCUT2D eigenvalue weighted by Crippen LogP contribution is -2.60. The molecule has 3 fully saturated rings. The van der Waals surface area contributed by atoms with E-state index in [1.54, 1.807) is 0 Å². The molecule has 2 aliphatic carbocycles. The average Bonchev–Trinajstić information content (AvgIpc) is 3.08. The molecule has 0 radical (unpaired) electrons. The first-order chi connectivity index (χ1) is 9.21. The van der Waals surface area contributed by atoms with E-state index in [2.05, 4.69) is 16.7 Å². The van der Waals surface area contributed by atoms with Gasteiger partial charge < -0.3 is 5.73 Å². The van der Waals surface area contributed by atoms with Crippen LogP contribution in [0.2, 0.25) is 0 Å². The molecule has 1 saturated heterocycles. The quantitative estimate of drug-likeness (QED) is 0.826. The van der Waals surface area contributed by atoms with Gasteiger partial charge in [0.1, 0.15) is 0 Å². The fourth-order valence-corrected chi connectivity index (χ4v) is 4.18. The molecule has 2 saturated carbocycles. The average molecular weight is 265 g/mol. The third kappa shape index (κ3) is 3.14. The molecule has 0 amide bonds. The van der Waals surface area contributed by atoms with Gasteiger partial charge in [-0.05, 0) is 32.1 Å². The number of rotatable bonds is 5. The Morgan fingerprint density at radius 3 is 2.16 bits per heavy atom. The normalized spacial score (nSPS) is 30.6. The Hall–Kier alpha value is -0.120. The Kier molecular flexibility index (Phi) is 4.16. The largest absolute Gasteiger partial charge is 0.329 e. The first kappa shape index (κ1) is 13.8. The summed E-state index contributed by atoms with van der Waals surface area (Å²) < 4.78 is 0. The SMILES string of the molecule is CC(CN)(CC1CC1)N1CCN(C2CCCC2)CC1. The molecule has 3 heteroatoms. The maximum Gasteiger partial charge on any atom is 0.0307 e. The van der Waals surface area contributed by atoms with Gasteiger partial charge in [0.25, 0.3) is 0 Å². The Labute approximate surface area is 118 Å². The maximum absolute atomic E-state index is 6.12. The second-order valence-corrected chi connectivity index (χ2v) is 7.31. The first-order valence-corrected chi connectivity index (χ1v) is 8.40. The van der Waals surface area contributed by atoms with Crippen molar-refractivity contribution in [3.63, 3.8) is 0 Å². The standard InChI is InChI=1S/C16H31N3/c1-16(13-17,12-14-6-7-14)19-10-8-18(9-11-19)15-4-2-3-5-15/h14-15H,2-13,17H2,1H3. The van der Waals surface area contributed by atoms with Crippen molar-refractivity contribution in [1.82, 2.24) is 9.80 Å². The summed E-state index contributed by atoms with van der Waals surface area (Å²) in [6.07, 6.45) is 9.99. The Balaban J connectivity index is 1.52. The maximum atomic E-state index is 6.12. The van der Waals surface area contributed by atoms with Crippen LogP contribution in [0.5, 0.6) is 0 Å². The molecule has 1 unspecified atom stereocenters. The smallest absolute Gasteiger partial charge is 0.0307 e. The van der Waals surface area contributed by atoms with E-state index < -0.39 is 0 Å². The minimum atomic E-state index is 0.267. The van der Waals surface area contributed by atoms with Crippen molar-refractivity contribution in [1.29, 1.82) is 0 Å². The van der Waals surface area contributed by atoms with E-state index >= 15 is 0 Å². The minimum absolute atomic E-state index is 0.267. The second kappa shape index (κ2) is 5.71. The van der Waals surface area contributed by atoms with Gasteiger partial charge >= 0.3 is 0 Å². The highest BCUT2D eigenvalue weighted by atomic mass is 15.3. The molecular weight excluding hydrogens is 234 g/mol. The van der Waals surface area contributed by atoms with Crippen LogP contribution in [0.25, 0.3) is 0 Å². The van der Waals surface area contributed by atoms with E-state index in [9.17, 15) is 0 Å². The van der Waals surface area contributed by atoms with E-state index in [0.717, 1.165) is 18.5 Å². The molecule has 3 rings (SSSR count). The van der Waals surface area contributed by atoms with Gasteiger partial charge in [0.05, 0.1) is 0 Å². The summed E-state index contributed by atoms with van der Waals surface area (Å²) in [4.78, 5) is 5.44. The van der Waals surface area contributed by atoms with Gasteiger partial charge in [-0.3, -0.25) is 9.80 Å². The highest BCUT2D eigenvalue weighted by Crippen LogP contribution is 2.39. The zero-order valence-electron chi connectivity index (χ0n) is 12.6. The highest BCUT2D eigenvalue weighted by molar-refractivity contribution is 4.95. The van der Waals surface area contributed by atoms with Crippen LogP contribution in [0, 0.1) is 5.92 Å². The molecule has 2 N–H and O–H groups in total. The molecule has 0 aromatic carbocycles. The van der Waals surface area contributed by atoms with Crippen molar-refractivity contribution in [2.45, 2.75) is 63.5 Å². The van der Waals surface area contributed by atoms with Crippen molar-refractivity contribution in [2.24, 2.45) is 11.7 Å². The van der Waals surface area contributed by atoms with E-state index in [-0.39, 0.29) is 5.54 Å². The van der Waals surface area contributed by atoms with Crippen LogP contribution >= 0.6 is 0 Å². The van der Waals surface area contributed by atoms with Gasteiger partial charge in [0, 0.05) is 44.3 Å². The Morgan fingerprint density at radius 2 is 1.63 bits per heavy atom. The van der Waals surface area contributed by atoms with E-state index in [1.165, 1.54) is 71.1 Å². The lowest BCUT2D eigenvalue weighted by atomic mass is 9.91. The summed E-state index contributed by atoms with van der Waals surface area (Å²) in [6, 6.07) is 0.898. The molecule has 110 valence electrons. The number of nitrogens with zero attached hydrogens (tertiary/aromatic N) is 2. The van der Waals surface area contributed by atoms with Crippen LogP contribution in [0.1, 0.15) is 51.9 Å². The summed E-state index contributed by atoms with van der Waals surface area (Å²) in [7, 11) is 0. The van der Waals surface area contributed by atoms with Gasteiger partial charge in [0.2, 0.25) is 0 Å². The van der Waals surface area contributed by atoms with E-state index in [1.807, 2.05) is 0 Å². The van der Waals surface area contributed by atoms with Gasteiger partial charge in [-0.15, -0.1) is 0 Å². The van der Waals surface area contributed by atoms with E-state index in [0.29, 0.717) is 0 Å². The van der Waals surface area contributed by atoms with Crippen LogP contribution in [0.4, 0.5) is 0 Å². The first-order valence-electron chi connectivity index (χ1n) is 8.40. The molecule has 3 aliphatic rings. The molecule has 0 aromatic heterocycles. The van der Waals surface area contributed by atoms with E-state index in [4.69, 9.17) is 5.73 Å². The summed E-state index contributed by atoms with van der Waals surface area (Å²) in [6.45, 7) is 8.23. The summed E-state index contributed by atoms with van der Waals surface area (Å²) in [5, 5.41) is 0. The fourth-order valence-electron chi connectivity index (χ4n) is 4.18. The topological polar surface area (TPSA) is 32.5 Å². The second-order valence-electron chi connectivity index (χ2n) is 7.31. The highest BCUT2D eigenvalue weighted by Gasteiger charge is 2.38. The monoisotopic (exact) mass is 265 g/mol. The van der Waals surface area contributed by atoms with Gasteiger partial charge in [-0.25, -0.2) is 0 Å². The van der Waals surface area contributed by atoms with Crippen LogP contribution in [-0.2, 0) is 0 Å². The molecule has 19 heavy (non-hydrogen) atoms. The number of nitrogens with two attached hydrogens (primary N) is 1. The third-order valence-electron chi connectivity index (χ3n) is 5.78. The summed E-state index contributed by atoms with van der Waals surface area (Å²) in [5.74, 6) is 0.974. The molecular formula is C16H31N3. The van der Waals surface area contributed by atoms with Crippen molar-refractivity contribution in [2.75, 3.05) is 32.7 Å². The van der Waals surface area contributed by atoms with Gasteiger partial charge in [-0.1, -0.05) is 25.7 Å². The molecule has 3 nitrogen and oxygen atoms in total. The Morgan fingerprint density at radius 1 is 1.00 bits per heavy atom. The predicted molar refractivity (Wildman–Crippen MR) is 80.2 cm³/mol. The predicted octanol–water partition coefficient (Wildman–Crippen LogP) is 2.06. The van der Waals surface area contributed by atoms with Crippen LogP contribution in [-0.4, -0.2) is 54.1 Å². The lowest BCUT2D eigenvalue weighted by Gasteiger charge is -2.47. The Bertz CT molecular complexity index is 288. The van der Waals surface area contributed by atoms with Crippen molar-refractivity contribution >= 4 is 0 Å². The zero-order valence-corrected chi connectivity index (χ0v) is 12.6. The molecule has 0 bridgehead atoms. The van der Waals surface area contributed by atoms with Gasteiger partial charge in [-0.2, -0.15) is 0 Å². The molecule has 0 aromatic rings. The lowest BCUT2D eigenvalue weighted by molar-refractivity contribution is 0.0234. The molecule has 1 aliphatic heterocycles. The van der Waals surface area contributed by atoms with Crippen LogP contribution in [0.3, 0.4) is 0 Å². The van der Waals surface area contributed by atoms with Gasteiger partial charge in [0.15, 0.2) is 0 Å². The minimum Gasteiger partial charge on any atom is -0.329 e. The molecule has 0 spiro atoms. The third-order valence-corrected chi connectivity index (χ3v) is 5.78. The van der Waals surface area contributed by atoms with Crippen LogP contribution < -0.4 is 5.73 Å². The summed E-state index contributed by atoms with van der Waals surface area (Å²) >= 11 is 0. The molecule has 1 atom stereocenters. The number of piperazine rings is 1. The zero-order chi connectivity index (χ0) is 13.3. The fraction of sp³-hybridized carbons (Fsp3) is 1.00. The van der Waals surface area contributed by atoms with Crippen molar-refractivity contribution < 1.29 is 0 Å². The van der Waals surface area contributed by atoms with Crippen molar-refractivity contribution in [3.8, 4) is 0 Å². The number of hydrogen-bond donors (Lipinski definition) is 1. The van der Waals surface area contributed by atoms with Crippen LogP contribution in [0.15, 0.2) is 0 Å². The summed E-state index contributed by atoms with van der Waals surface area (Å²) in [5.41, 5.74) is 6.38. The number of hydrogen-bond acceptors (Lipinski definition) is 3. The van der Waals surface area contributed by atoms with Crippen molar-refractivity contribution in [3.05, 3.63) is 0 Å².